The first-order valence-electron chi connectivity index (χ1n) is 9.62. The molecule has 150 valence electrons. The lowest BCUT2D eigenvalue weighted by atomic mass is 10.1. The topological polar surface area (TPSA) is 69.8 Å². The highest BCUT2D eigenvalue weighted by Crippen LogP contribution is 2.32. The highest BCUT2D eigenvalue weighted by molar-refractivity contribution is 5.99. The average Bonchev–Trinajstić information content (AvgIpc) is 3.04. The van der Waals surface area contributed by atoms with E-state index < -0.39 is 5.97 Å². The lowest BCUT2D eigenvalue weighted by Crippen LogP contribution is -2.31. The molecule has 1 saturated heterocycles. The van der Waals surface area contributed by atoms with Gasteiger partial charge in [0.15, 0.2) is 17.1 Å². The van der Waals surface area contributed by atoms with Gasteiger partial charge in [0.05, 0.1) is 0 Å². The van der Waals surface area contributed by atoms with Crippen LogP contribution in [0.1, 0.15) is 22.3 Å². The molecule has 0 amide bonds. The molecule has 0 bridgehead atoms. The Morgan fingerprint density at radius 1 is 1.07 bits per heavy atom. The highest BCUT2D eigenvalue weighted by Gasteiger charge is 2.28. The zero-order chi connectivity index (χ0) is 20.2. The standard InChI is InChI=1S/C22H22FN3O3/c23-18-9-4-6-16(14-18)15-25-10-5-11-26(13-12-25)21-19(22(27)28)20(29-24-21)17-7-2-1-3-8-17/h1-4,6-9,14H,5,10-13,15H2,(H,27,28). The number of rotatable bonds is 5. The van der Waals surface area contributed by atoms with Gasteiger partial charge < -0.3 is 14.5 Å². The van der Waals surface area contributed by atoms with E-state index in [9.17, 15) is 14.3 Å². The third-order valence-electron chi connectivity index (χ3n) is 5.11. The summed E-state index contributed by atoms with van der Waals surface area (Å²) in [4.78, 5) is 16.2. The van der Waals surface area contributed by atoms with Gasteiger partial charge >= 0.3 is 5.97 Å². The first-order valence-corrected chi connectivity index (χ1v) is 9.62. The Morgan fingerprint density at radius 2 is 1.90 bits per heavy atom. The second-order valence-electron chi connectivity index (χ2n) is 7.13. The van der Waals surface area contributed by atoms with E-state index in [4.69, 9.17) is 4.52 Å². The van der Waals surface area contributed by atoms with Gasteiger partial charge in [-0.25, -0.2) is 9.18 Å². The lowest BCUT2D eigenvalue weighted by molar-refractivity contribution is 0.0698. The molecule has 0 unspecified atom stereocenters. The molecule has 29 heavy (non-hydrogen) atoms. The second-order valence-corrected chi connectivity index (χ2v) is 7.13. The van der Waals surface area contributed by atoms with E-state index in [1.165, 1.54) is 6.07 Å². The maximum atomic E-state index is 13.4. The van der Waals surface area contributed by atoms with Crippen molar-refractivity contribution in [2.24, 2.45) is 0 Å². The number of anilines is 1. The van der Waals surface area contributed by atoms with Crippen LogP contribution in [0.2, 0.25) is 0 Å². The van der Waals surface area contributed by atoms with Crippen molar-refractivity contribution in [2.75, 3.05) is 31.1 Å². The summed E-state index contributed by atoms with van der Waals surface area (Å²) in [5, 5.41) is 13.9. The third kappa shape index (κ3) is 4.30. The predicted molar refractivity (Wildman–Crippen MR) is 107 cm³/mol. The summed E-state index contributed by atoms with van der Waals surface area (Å²) in [7, 11) is 0. The molecule has 1 aliphatic heterocycles. The van der Waals surface area contributed by atoms with E-state index in [-0.39, 0.29) is 17.1 Å². The van der Waals surface area contributed by atoms with Crippen LogP contribution >= 0.6 is 0 Å². The summed E-state index contributed by atoms with van der Waals surface area (Å²) >= 11 is 0. The summed E-state index contributed by atoms with van der Waals surface area (Å²) in [6.07, 6.45) is 0.849. The molecule has 6 nitrogen and oxygen atoms in total. The molecule has 1 aliphatic rings. The van der Waals surface area contributed by atoms with E-state index >= 15 is 0 Å². The quantitative estimate of drug-likeness (QED) is 0.707. The molecule has 0 atom stereocenters. The molecule has 4 rings (SSSR count). The number of aromatic carboxylic acids is 1. The van der Waals surface area contributed by atoms with Crippen LogP contribution in [0.5, 0.6) is 0 Å². The number of aromatic nitrogens is 1. The monoisotopic (exact) mass is 395 g/mol. The van der Waals surface area contributed by atoms with Crippen LogP contribution in [-0.2, 0) is 6.54 Å². The highest BCUT2D eigenvalue weighted by atomic mass is 19.1. The molecule has 0 spiro atoms. The fourth-order valence-corrected chi connectivity index (χ4v) is 3.71. The van der Waals surface area contributed by atoms with Crippen LogP contribution in [-0.4, -0.2) is 47.3 Å². The van der Waals surface area contributed by atoms with E-state index in [2.05, 4.69) is 10.1 Å². The molecule has 2 aromatic carbocycles. The first kappa shape index (κ1) is 19.1. The number of carboxylic acid groups (broad SMARTS) is 1. The molecule has 1 N–H and O–H groups in total. The predicted octanol–water partition coefficient (Wildman–Crippen LogP) is 3.89. The SMILES string of the molecule is O=C(O)c1c(N2CCCN(Cc3cccc(F)c3)CC2)noc1-c1ccccc1. The summed E-state index contributed by atoms with van der Waals surface area (Å²) in [6, 6.07) is 15.8. The van der Waals surface area contributed by atoms with Crippen LogP contribution in [0.15, 0.2) is 59.1 Å². The molecule has 1 fully saturated rings. The Balaban J connectivity index is 1.52. The van der Waals surface area contributed by atoms with E-state index in [0.29, 0.717) is 31.0 Å². The van der Waals surface area contributed by atoms with E-state index in [1.54, 1.807) is 24.3 Å². The van der Waals surface area contributed by atoms with Gasteiger partial charge in [-0.3, -0.25) is 4.90 Å². The molecular formula is C22H22FN3O3. The molecule has 0 saturated carbocycles. The van der Waals surface area contributed by atoms with Gasteiger partial charge in [-0.15, -0.1) is 0 Å². The van der Waals surface area contributed by atoms with Gasteiger partial charge in [0, 0.05) is 38.3 Å². The maximum Gasteiger partial charge on any atom is 0.343 e. The molecule has 2 heterocycles. The minimum atomic E-state index is -1.05. The van der Waals surface area contributed by atoms with Crippen LogP contribution in [0.4, 0.5) is 10.2 Å². The lowest BCUT2D eigenvalue weighted by Gasteiger charge is -2.22. The Bertz CT molecular complexity index is 990. The fourth-order valence-electron chi connectivity index (χ4n) is 3.71. The number of carbonyl (C=O) groups is 1. The zero-order valence-electron chi connectivity index (χ0n) is 15.9. The average molecular weight is 395 g/mol. The van der Waals surface area contributed by atoms with Crippen molar-refractivity contribution < 1.29 is 18.8 Å². The number of hydrogen-bond donors (Lipinski definition) is 1. The van der Waals surface area contributed by atoms with Crippen LogP contribution in [0, 0.1) is 5.82 Å². The van der Waals surface area contributed by atoms with E-state index in [1.807, 2.05) is 29.2 Å². The Morgan fingerprint density at radius 3 is 2.66 bits per heavy atom. The second kappa shape index (κ2) is 8.45. The molecule has 0 aliphatic carbocycles. The number of nitrogens with zero attached hydrogens (tertiary/aromatic N) is 3. The summed E-state index contributed by atoms with van der Waals surface area (Å²) in [5.41, 5.74) is 1.71. The Labute approximate surface area is 168 Å². The van der Waals surface area contributed by atoms with Crippen molar-refractivity contribution in [1.29, 1.82) is 0 Å². The molecule has 0 radical (unpaired) electrons. The Kier molecular flexibility index (Phi) is 5.57. The van der Waals surface area contributed by atoms with Crippen LogP contribution in [0.3, 0.4) is 0 Å². The van der Waals surface area contributed by atoms with Crippen molar-refractivity contribution in [1.82, 2.24) is 10.1 Å². The molecular weight excluding hydrogens is 373 g/mol. The minimum Gasteiger partial charge on any atom is -0.477 e. The summed E-state index contributed by atoms with van der Waals surface area (Å²) in [6.45, 7) is 3.53. The van der Waals surface area contributed by atoms with Gasteiger partial charge in [0.25, 0.3) is 0 Å². The van der Waals surface area contributed by atoms with E-state index in [0.717, 1.165) is 25.1 Å². The van der Waals surface area contributed by atoms with Crippen molar-refractivity contribution >= 4 is 11.8 Å². The number of hydrogen-bond acceptors (Lipinski definition) is 5. The third-order valence-corrected chi connectivity index (χ3v) is 5.11. The minimum absolute atomic E-state index is 0.0924. The van der Waals surface area contributed by atoms with Crippen LogP contribution < -0.4 is 4.90 Å². The normalized spacial score (nSPS) is 15.3. The number of carboxylic acids is 1. The van der Waals surface area contributed by atoms with Crippen LogP contribution in [0.25, 0.3) is 11.3 Å². The summed E-state index contributed by atoms with van der Waals surface area (Å²) < 4.78 is 18.9. The van der Waals surface area contributed by atoms with Gasteiger partial charge in [0.2, 0.25) is 0 Å². The van der Waals surface area contributed by atoms with Crippen molar-refractivity contribution in [3.63, 3.8) is 0 Å². The van der Waals surface area contributed by atoms with Crippen molar-refractivity contribution in [3.8, 4) is 11.3 Å². The first-order chi connectivity index (χ1) is 14.1. The van der Waals surface area contributed by atoms with Gasteiger partial charge in [-0.1, -0.05) is 47.6 Å². The molecule has 3 aromatic rings. The zero-order valence-corrected chi connectivity index (χ0v) is 15.9. The van der Waals surface area contributed by atoms with Crippen molar-refractivity contribution in [3.05, 3.63) is 71.5 Å². The largest absolute Gasteiger partial charge is 0.477 e. The number of halogens is 1. The maximum absolute atomic E-state index is 13.4. The Hall–Kier alpha value is -3.19. The summed E-state index contributed by atoms with van der Waals surface area (Å²) in [5.74, 6) is -0.653. The number of benzene rings is 2. The molecule has 7 heteroatoms. The van der Waals surface area contributed by atoms with Crippen molar-refractivity contribution in [2.45, 2.75) is 13.0 Å². The molecule has 1 aromatic heterocycles. The fraction of sp³-hybridized carbons (Fsp3) is 0.273. The van der Waals surface area contributed by atoms with Gasteiger partial charge in [0.1, 0.15) is 5.82 Å². The smallest absolute Gasteiger partial charge is 0.343 e. The van der Waals surface area contributed by atoms with Gasteiger partial charge in [-0.2, -0.15) is 0 Å². The van der Waals surface area contributed by atoms with Gasteiger partial charge in [-0.05, 0) is 24.1 Å².